The molecule has 1 N–H and O–H groups in total. The van der Waals surface area contributed by atoms with E-state index in [2.05, 4.69) is 29.0 Å². The molecule has 2 aromatic heterocycles. The summed E-state index contributed by atoms with van der Waals surface area (Å²) in [4.78, 5) is 26.6. The zero-order valence-electron chi connectivity index (χ0n) is 20.3. The van der Waals surface area contributed by atoms with Crippen molar-refractivity contribution in [3.05, 3.63) is 51.9 Å². The highest BCUT2D eigenvalue weighted by Gasteiger charge is 2.29. The van der Waals surface area contributed by atoms with Gasteiger partial charge in [0.1, 0.15) is 10.8 Å². The minimum atomic E-state index is -0.421. The van der Waals surface area contributed by atoms with E-state index in [1.165, 1.54) is 30.2 Å². The molecular formula is C25H27ClN4O4S2. The van der Waals surface area contributed by atoms with Crippen molar-refractivity contribution in [2.75, 3.05) is 25.3 Å². The van der Waals surface area contributed by atoms with Gasteiger partial charge in [0.15, 0.2) is 11.0 Å². The maximum atomic E-state index is 12.9. The first-order valence-electron chi connectivity index (χ1n) is 11.4. The van der Waals surface area contributed by atoms with Gasteiger partial charge in [-0.1, -0.05) is 36.4 Å². The van der Waals surface area contributed by atoms with Crippen LogP contribution < -0.4 is 10.1 Å². The second-order valence-electron chi connectivity index (χ2n) is 8.43. The van der Waals surface area contributed by atoms with E-state index in [1.807, 2.05) is 4.57 Å². The molecule has 1 atom stereocenters. The predicted octanol–water partition coefficient (Wildman–Crippen LogP) is 5.50. The largest absolute Gasteiger partial charge is 0.496 e. The summed E-state index contributed by atoms with van der Waals surface area (Å²) in [6.07, 6.45) is 4.45. The molecule has 11 heteroatoms. The molecule has 1 aliphatic carbocycles. The molecule has 0 saturated heterocycles. The summed E-state index contributed by atoms with van der Waals surface area (Å²) in [5.74, 6) is 1.14. The number of halogens is 1. The lowest BCUT2D eigenvalue weighted by Gasteiger charge is -2.18. The van der Waals surface area contributed by atoms with E-state index in [1.54, 1.807) is 31.4 Å². The van der Waals surface area contributed by atoms with Gasteiger partial charge in [-0.05, 0) is 48.9 Å². The number of carbonyl (C=O) groups is 2. The third-order valence-corrected chi connectivity index (χ3v) is 8.29. The topological polar surface area (TPSA) is 95.3 Å². The van der Waals surface area contributed by atoms with Crippen LogP contribution in [0.2, 0.25) is 5.02 Å². The van der Waals surface area contributed by atoms with Crippen LogP contribution in [0, 0.1) is 5.92 Å². The Labute approximate surface area is 223 Å². The number of benzene rings is 1. The van der Waals surface area contributed by atoms with Crippen LogP contribution in [0.3, 0.4) is 0 Å². The molecule has 1 aromatic carbocycles. The Kier molecular flexibility index (Phi) is 8.38. The van der Waals surface area contributed by atoms with Crippen molar-refractivity contribution in [3.63, 3.8) is 0 Å². The molecule has 8 nitrogen and oxygen atoms in total. The van der Waals surface area contributed by atoms with E-state index >= 15 is 0 Å². The number of nitrogens with zero attached hydrogens (tertiary/aromatic N) is 3. The summed E-state index contributed by atoms with van der Waals surface area (Å²) >= 11 is 8.92. The third-order valence-electron chi connectivity index (χ3n) is 5.92. The van der Waals surface area contributed by atoms with Crippen LogP contribution in [-0.2, 0) is 28.9 Å². The fourth-order valence-corrected chi connectivity index (χ4v) is 6.53. The molecule has 3 aromatic rings. The average Bonchev–Trinajstić information content (AvgIpc) is 3.42. The lowest BCUT2D eigenvalue weighted by molar-refractivity contribution is -0.113. The van der Waals surface area contributed by atoms with Crippen LogP contribution in [-0.4, -0.2) is 46.6 Å². The first-order valence-corrected chi connectivity index (χ1v) is 13.6. The van der Waals surface area contributed by atoms with Crippen LogP contribution in [0.25, 0.3) is 11.4 Å². The molecule has 4 rings (SSSR count). The van der Waals surface area contributed by atoms with E-state index < -0.39 is 5.97 Å². The Morgan fingerprint density at radius 1 is 1.36 bits per heavy atom. The number of aromatic nitrogens is 3. The number of esters is 1. The number of hydrogen-bond donors (Lipinski definition) is 1. The van der Waals surface area contributed by atoms with Gasteiger partial charge in [0.05, 0.1) is 31.1 Å². The summed E-state index contributed by atoms with van der Waals surface area (Å²) in [6, 6.07) is 5.27. The molecule has 36 heavy (non-hydrogen) atoms. The average molecular weight is 547 g/mol. The highest BCUT2D eigenvalue weighted by Crippen LogP contribution is 2.40. The molecule has 190 valence electrons. The van der Waals surface area contributed by atoms with Crippen LogP contribution in [0.15, 0.2) is 36.0 Å². The smallest absolute Gasteiger partial charge is 0.341 e. The highest BCUT2D eigenvalue weighted by molar-refractivity contribution is 7.99. The normalized spacial score (nSPS) is 14.7. The quantitative estimate of drug-likeness (QED) is 0.215. The number of thioether (sulfide) groups is 1. The van der Waals surface area contributed by atoms with Gasteiger partial charge in [-0.3, -0.25) is 9.36 Å². The van der Waals surface area contributed by atoms with Crippen molar-refractivity contribution >= 4 is 51.6 Å². The number of allylic oxidation sites excluding steroid dienone is 1. The summed E-state index contributed by atoms with van der Waals surface area (Å²) in [7, 11) is 2.94. The minimum Gasteiger partial charge on any atom is -0.496 e. The maximum Gasteiger partial charge on any atom is 0.341 e. The van der Waals surface area contributed by atoms with Gasteiger partial charge in [0.25, 0.3) is 0 Å². The Morgan fingerprint density at radius 3 is 2.89 bits per heavy atom. The van der Waals surface area contributed by atoms with Crippen molar-refractivity contribution in [3.8, 4) is 17.1 Å². The summed E-state index contributed by atoms with van der Waals surface area (Å²) in [5, 5.41) is 13.2. The molecule has 0 spiro atoms. The molecular weight excluding hydrogens is 520 g/mol. The third kappa shape index (κ3) is 5.45. The predicted molar refractivity (Wildman–Crippen MR) is 143 cm³/mol. The van der Waals surface area contributed by atoms with Crippen molar-refractivity contribution in [2.24, 2.45) is 5.92 Å². The van der Waals surface area contributed by atoms with E-state index in [0.29, 0.717) is 50.3 Å². The molecule has 1 amide bonds. The van der Waals surface area contributed by atoms with Crippen LogP contribution >= 0.6 is 34.7 Å². The first-order chi connectivity index (χ1) is 17.4. The van der Waals surface area contributed by atoms with Gasteiger partial charge in [0, 0.05) is 16.4 Å². The zero-order chi connectivity index (χ0) is 25.8. The Balaban J connectivity index is 1.54. The van der Waals surface area contributed by atoms with E-state index in [-0.39, 0.29) is 11.7 Å². The van der Waals surface area contributed by atoms with E-state index in [4.69, 9.17) is 21.1 Å². The number of nitrogens with one attached hydrogen (secondary N) is 1. The number of amides is 1. The van der Waals surface area contributed by atoms with E-state index in [9.17, 15) is 9.59 Å². The van der Waals surface area contributed by atoms with Crippen LogP contribution in [0.5, 0.6) is 5.75 Å². The number of ether oxygens (including phenoxy) is 2. The molecule has 0 fully saturated rings. The van der Waals surface area contributed by atoms with Gasteiger partial charge < -0.3 is 14.8 Å². The monoisotopic (exact) mass is 546 g/mol. The molecule has 1 aliphatic rings. The molecule has 2 heterocycles. The number of carbonyl (C=O) groups excluding carboxylic acids is 2. The highest BCUT2D eigenvalue weighted by atomic mass is 35.5. The molecule has 1 unspecified atom stereocenters. The number of rotatable bonds is 9. The second kappa shape index (κ2) is 11.5. The van der Waals surface area contributed by atoms with Gasteiger partial charge in [0.2, 0.25) is 5.91 Å². The number of fused-ring (bicyclic) bond motifs is 1. The Morgan fingerprint density at radius 2 is 2.17 bits per heavy atom. The Bertz CT molecular complexity index is 1300. The van der Waals surface area contributed by atoms with Crippen molar-refractivity contribution < 1.29 is 19.1 Å². The summed E-state index contributed by atoms with van der Waals surface area (Å²) in [6.45, 7) is 6.46. The Hall–Kier alpha value is -2.82. The van der Waals surface area contributed by atoms with Crippen LogP contribution in [0.4, 0.5) is 5.00 Å². The van der Waals surface area contributed by atoms with E-state index in [0.717, 1.165) is 29.7 Å². The van der Waals surface area contributed by atoms with Gasteiger partial charge in [-0.15, -0.1) is 28.1 Å². The minimum absolute atomic E-state index is 0.0849. The van der Waals surface area contributed by atoms with Gasteiger partial charge >= 0.3 is 5.97 Å². The summed E-state index contributed by atoms with van der Waals surface area (Å²) in [5.41, 5.74) is 2.17. The fourth-order valence-electron chi connectivity index (χ4n) is 4.19. The fraction of sp³-hybridized carbons (Fsp3) is 0.360. The number of methoxy groups -OCH3 is 2. The summed E-state index contributed by atoms with van der Waals surface area (Å²) < 4.78 is 12.3. The number of anilines is 1. The van der Waals surface area contributed by atoms with Gasteiger partial charge in [-0.25, -0.2) is 4.79 Å². The molecule has 0 saturated carbocycles. The SMILES string of the molecule is C=CCn1c(SCC(=O)Nc2sc3c(c2C(=O)OC)CCC(C)C3)nnc1-c1cc(Cl)ccc1OC. The van der Waals surface area contributed by atoms with Crippen molar-refractivity contribution in [2.45, 2.75) is 37.9 Å². The van der Waals surface area contributed by atoms with Crippen molar-refractivity contribution in [1.82, 2.24) is 14.8 Å². The second-order valence-corrected chi connectivity index (χ2v) is 10.9. The van der Waals surface area contributed by atoms with Crippen LogP contribution in [0.1, 0.15) is 34.1 Å². The standard InChI is InChI=1S/C25H27ClN4O4S2/c1-5-10-30-22(17-12-15(26)7-9-18(17)33-3)28-29-25(30)35-13-20(31)27-23-21(24(32)34-4)16-8-6-14(2)11-19(16)36-23/h5,7,9,12,14H,1,6,8,10-11,13H2,2-4H3,(H,27,31). The lowest BCUT2D eigenvalue weighted by atomic mass is 9.88. The molecule has 0 radical (unpaired) electrons. The lowest BCUT2D eigenvalue weighted by Crippen LogP contribution is -2.17. The molecule has 0 aliphatic heterocycles. The molecule has 0 bridgehead atoms. The zero-order valence-corrected chi connectivity index (χ0v) is 22.7. The number of thiophene rings is 1. The maximum absolute atomic E-state index is 12.9. The first kappa shape index (κ1) is 26.2. The van der Waals surface area contributed by atoms with Crippen molar-refractivity contribution in [1.29, 1.82) is 0 Å². The van der Waals surface area contributed by atoms with Gasteiger partial charge in [-0.2, -0.15) is 0 Å². The number of hydrogen-bond acceptors (Lipinski definition) is 8.